The van der Waals surface area contributed by atoms with Crippen molar-refractivity contribution in [1.82, 2.24) is 5.32 Å². The second-order valence-electron chi connectivity index (χ2n) is 6.57. The normalized spacial score (nSPS) is 11.8. The zero-order valence-electron chi connectivity index (χ0n) is 15.4. The summed E-state index contributed by atoms with van der Waals surface area (Å²) in [6.45, 7) is 4.09. The number of ether oxygens (including phenoxy) is 1. The predicted octanol–water partition coefficient (Wildman–Crippen LogP) is 3.32. The molecule has 2 rings (SSSR count). The minimum absolute atomic E-state index is 0.0393. The van der Waals surface area contributed by atoms with Gasteiger partial charge in [0.1, 0.15) is 5.75 Å². The zero-order chi connectivity index (χ0) is 19.1. The van der Waals surface area contributed by atoms with Gasteiger partial charge >= 0.3 is 5.97 Å². The number of carboxylic acid groups (broad SMARTS) is 1. The smallest absolute Gasteiger partial charge is 0.335 e. The molecule has 2 aromatic rings. The van der Waals surface area contributed by atoms with E-state index in [0.717, 1.165) is 11.3 Å². The van der Waals surface area contributed by atoms with Gasteiger partial charge in [-0.1, -0.05) is 50.2 Å². The quantitative estimate of drug-likeness (QED) is 0.762. The fourth-order valence-electron chi connectivity index (χ4n) is 2.88. The lowest BCUT2D eigenvalue weighted by Crippen LogP contribution is -2.41. The molecule has 5 heteroatoms. The van der Waals surface area contributed by atoms with Crippen molar-refractivity contribution < 1.29 is 19.4 Å². The molecule has 0 saturated heterocycles. The number of carbonyl (C=O) groups excluding carboxylic acids is 1. The van der Waals surface area contributed by atoms with Crippen molar-refractivity contribution in [2.45, 2.75) is 32.7 Å². The molecular formula is C21H25NO4. The molecule has 2 aromatic carbocycles. The van der Waals surface area contributed by atoms with Gasteiger partial charge in [-0.05, 0) is 35.6 Å². The standard InChI is InChI=1S/C21H25NO4/c1-14(2)18(12-16-9-5-7-11-19(16)26-3)22-20(23)13-15-8-4-6-10-17(15)21(24)25/h4-11,14,18H,12-13H2,1-3H3,(H,22,23)(H,24,25). The van der Waals surface area contributed by atoms with Gasteiger partial charge in [0.2, 0.25) is 5.91 Å². The van der Waals surface area contributed by atoms with E-state index in [9.17, 15) is 14.7 Å². The maximum absolute atomic E-state index is 12.5. The summed E-state index contributed by atoms with van der Waals surface area (Å²) < 4.78 is 5.39. The van der Waals surface area contributed by atoms with Crippen LogP contribution in [0.25, 0.3) is 0 Å². The number of hydrogen-bond donors (Lipinski definition) is 2. The minimum Gasteiger partial charge on any atom is -0.496 e. The highest BCUT2D eigenvalue weighted by Crippen LogP contribution is 2.21. The maximum Gasteiger partial charge on any atom is 0.335 e. The Morgan fingerprint density at radius 2 is 1.65 bits per heavy atom. The van der Waals surface area contributed by atoms with Crippen LogP contribution < -0.4 is 10.1 Å². The Bertz CT molecular complexity index is 770. The van der Waals surface area contributed by atoms with Crippen LogP contribution >= 0.6 is 0 Å². The first-order valence-electron chi connectivity index (χ1n) is 8.64. The molecule has 0 aliphatic rings. The van der Waals surface area contributed by atoms with Gasteiger partial charge in [-0.2, -0.15) is 0 Å². The van der Waals surface area contributed by atoms with E-state index < -0.39 is 5.97 Å². The topological polar surface area (TPSA) is 75.6 Å². The highest BCUT2D eigenvalue weighted by Gasteiger charge is 2.20. The second-order valence-corrected chi connectivity index (χ2v) is 6.57. The molecule has 0 radical (unpaired) electrons. The fourth-order valence-corrected chi connectivity index (χ4v) is 2.88. The molecule has 2 N–H and O–H groups in total. The van der Waals surface area contributed by atoms with Gasteiger partial charge in [0, 0.05) is 6.04 Å². The first-order valence-corrected chi connectivity index (χ1v) is 8.64. The Kier molecular flexibility index (Phi) is 6.78. The molecule has 1 unspecified atom stereocenters. The Hall–Kier alpha value is -2.82. The van der Waals surface area contributed by atoms with E-state index in [0.29, 0.717) is 12.0 Å². The van der Waals surface area contributed by atoms with Gasteiger partial charge in [0.05, 0.1) is 19.1 Å². The molecule has 0 aliphatic carbocycles. The van der Waals surface area contributed by atoms with Gasteiger partial charge in [-0.15, -0.1) is 0 Å². The minimum atomic E-state index is -1.03. The van der Waals surface area contributed by atoms with Gasteiger partial charge in [0.15, 0.2) is 0 Å². The largest absolute Gasteiger partial charge is 0.496 e. The van der Waals surface area contributed by atoms with Crippen LogP contribution in [-0.4, -0.2) is 30.1 Å². The lowest BCUT2D eigenvalue weighted by Gasteiger charge is -2.23. The van der Waals surface area contributed by atoms with Crippen LogP contribution in [0.1, 0.15) is 35.3 Å². The molecule has 0 fully saturated rings. The SMILES string of the molecule is COc1ccccc1CC(NC(=O)Cc1ccccc1C(=O)O)C(C)C. The van der Waals surface area contributed by atoms with Gasteiger partial charge < -0.3 is 15.2 Å². The summed E-state index contributed by atoms with van der Waals surface area (Å²) >= 11 is 0. The average molecular weight is 355 g/mol. The number of nitrogens with one attached hydrogen (secondary N) is 1. The van der Waals surface area contributed by atoms with E-state index in [1.165, 1.54) is 6.07 Å². The van der Waals surface area contributed by atoms with Crippen LogP contribution in [0.3, 0.4) is 0 Å². The zero-order valence-corrected chi connectivity index (χ0v) is 15.4. The molecule has 1 amide bonds. The lowest BCUT2D eigenvalue weighted by molar-refractivity contribution is -0.121. The van der Waals surface area contributed by atoms with Crippen LogP contribution in [0.5, 0.6) is 5.75 Å². The van der Waals surface area contributed by atoms with Crippen molar-refractivity contribution in [3.05, 3.63) is 65.2 Å². The number of amides is 1. The number of carboxylic acids is 1. The summed E-state index contributed by atoms with van der Waals surface area (Å²) in [7, 11) is 1.63. The number of aromatic carboxylic acids is 1. The van der Waals surface area contributed by atoms with Crippen molar-refractivity contribution in [2.75, 3.05) is 7.11 Å². The van der Waals surface area contributed by atoms with Crippen molar-refractivity contribution >= 4 is 11.9 Å². The Labute approximate surface area is 154 Å². The molecular weight excluding hydrogens is 330 g/mol. The number of hydrogen-bond acceptors (Lipinski definition) is 3. The van der Waals surface area contributed by atoms with Crippen molar-refractivity contribution in [2.24, 2.45) is 5.92 Å². The second kappa shape index (κ2) is 9.04. The number of para-hydroxylation sites is 1. The van der Waals surface area contributed by atoms with E-state index in [2.05, 4.69) is 5.32 Å². The number of benzene rings is 2. The fraction of sp³-hybridized carbons (Fsp3) is 0.333. The highest BCUT2D eigenvalue weighted by molar-refractivity contribution is 5.91. The summed E-state index contributed by atoms with van der Waals surface area (Å²) in [4.78, 5) is 23.8. The third-order valence-electron chi connectivity index (χ3n) is 4.38. The first-order chi connectivity index (χ1) is 12.4. The lowest BCUT2D eigenvalue weighted by atomic mass is 9.95. The molecule has 0 bridgehead atoms. The van der Waals surface area contributed by atoms with Gasteiger partial charge in [-0.25, -0.2) is 4.79 Å². The van der Waals surface area contributed by atoms with E-state index in [1.807, 2.05) is 38.1 Å². The molecule has 5 nitrogen and oxygen atoms in total. The number of carbonyl (C=O) groups is 2. The summed E-state index contributed by atoms with van der Waals surface area (Å²) in [5.41, 5.74) is 1.70. The molecule has 26 heavy (non-hydrogen) atoms. The molecule has 0 heterocycles. The Balaban J connectivity index is 2.10. The number of rotatable bonds is 8. The van der Waals surface area contributed by atoms with E-state index in [4.69, 9.17) is 4.74 Å². The molecule has 138 valence electrons. The van der Waals surface area contributed by atoms with E-state index in [-0.39, 0.29) is 29.9 Å². The van der Waals surface area contributed by atoms with Crippen LogP contribution in [-0.2, 0) is 17.6 Å². The van der Waals surface area contributed by atoms with Crippen LogP contribution in [0, 0.1) is 5.92 Å². The molecule has 0 aliphatic heterocycles. The third kappa shape index (κ3) is 5.09. The summed E-state index contributed by atoms with van der Waals surface area (Å²) in [6.07, 6.45) is 0.686. The van der Waals surface area contributed by atoms with Crippen LogP contribution in [0.2, 0.25) is 0 Å². The van der Waals surface area contributed by atoms with Gasteiger partial charge in [-0.3, -0.25) is 4.79 Å². The van der Waals surface area contributed by atoms with Crippen molar-refractivity contribution in [3.8, 4) is 5.75 Å². The van der Waals surface area contributed by atoms with Crippen LogP contribution in [0.4, 0.5) is 0 Å². The van der Waals surface area contributed by atoms with Crippen molar-refractivity contribution in [3.63, 3.8) is 0 Å². The molecule has 0 aromatic heterocycles. The van der Waals surface area contributed by atoms with Crippen LogP contribution in [0.15, 0.2) is 48.5 Å². The third-order valence-corrected chi connectivity index (χ3v) is 4.38. The van der Waals surface area contributed by atoms with Gasteiger partial charge in [0.25, 0.3) is 0 Å². The monoisotopic (exact) mass is 355 g/mol. The summed E-state index contributed by atoms with van der Waals surface area (Å²) in [5.74, 6) is -0.197. The van der Waals surface area contributed by atoms with Crippen molar-refractivity contribution in [1.29, 1.82) is 0 Å². The molecule has 0 saturated carbocycles. The summed E-state index contributed by atoms with van der Waals surface area (Å²) in [5, 5.41) is 12.3. The summed E-state index contributed by atoms with van der Waals surface area (Å²) in [6, 6.07) is 14.3. The Morgan fingerprint density at radius 3 is 2.27 bits per heavy atom. The molecule has 1 atom stereocenters. The Morgan fingerprint density at radius 1 is 1.04 bits per heavy atom. The maximum atomic E-state index is 12.5. The van der Waals surface area contributed by atoms with E-state index in [1.54, 1.807) is 25.3 Å². The predicted molar refractivity (Wildman–Crippen MR) is 101 cm³/mol. The average Bonchev–Trinajstić information content (AvgIpc) is 2.61. The highest BCUT2D eigenvalue weighted by atomic mass is 16.5. The first kappa shape index (κ1) is 19.5. The number of methoxy groups -OCH3 is 1. The van der Waals surface area contributed by atoms with E-state index >= 15 is 0 Å². The molecule has 0 spiro atoms.